The van der Waals surface area contributed by atoms with Crippen molar-refractivity contribution in [1.82, 2.24) is 4.98 Å². The molecule has 0 bridgehead atoms. The molecule has 3 aromatic carbocycles. The van der Waals surface area contributed by atoms with Gasteiger partial charge in [0.1, 0.15) is 17.6 Å². The normalized spacial score (nSPS) is 14.4. The van der Waals surface area contributed by atoms with E-state index in [1.165, 1.54) is 29.5 Å². The number of ether oxygens (including phenoxy) is 2. The van der Waals surface area contributed by atoms with Gasteiger partial charge in [0.15, 0.2) is 11.5 Å². The maximum atomic E-state index is 11.7. The Kier molecular flexibility index (Phi) is 7.72. The van der Waals surface area contributed by atoms with Crippen LogP contribution in [0.2, 0.25) is 5.02 Å². The van der Waals surface area contributed by atoms with Crippen LogP contribution in [0.4, 0.5) is 16.5 Å². The molecule has 3 heterocycles. The van der Waals surface area contributed by atoms with Crippen LogP contribution < -0.4 is 14.5 Å². The van der Waals surface area contributed by atoms with Crippen LogP contribution in [0.5, 0.6) is 11.5 Å². The van der Waals surface area contributed by atoms with Gasteiger partial charge in [0.2, 0.25) is 5.13 Å². The van der Waals surface area contributed by atoms with Gasteiger partial charge in [0.05, 0.1) is 41.0 Å². The third-order valence-electron chi connectivity index (χ3n) is 7.07. The summed E-state index contributed by atoms with van der Waals surface area (Å²) in [4.78, 5) is 26.7. The van der Waals surface area contributed by atoms with Crippen molar-refractivity contribution < 1.29 is 23.7 Å². The van der Waals surface area contributed by atoms with Crippen LogP contribution in [-0.2, 0) is 0 Å². The molecule has 0 radical (unpaired) electrons. The van der Waals surface area contributed by atoms with Crippen LogP contribution in [0.1, 0.15) is 23.8 Å². The van der Waals surface area contributed by atoms with E-state index < -0.39 is 15.9 Å². The van der Waals surface area contributed by atoms with E-state index in [2.05, 4.69) is 0 Å². The van der Waals surface area contributed by atoms with Crippen molar-refractivity contribution >= 4 is 45.2 Å². The fourth-order valence-corrected chi connectivity index (χ4v) is 5.89. The minimum Gasteiger partial charge on any atom is -0.493 e. The number of hydrazone groups is 1. The van der Waals surface area contributed by atoms with Gasteiger partial charge < -0.3 is 13.9 Å². The summed E-state index contributed by atoms with van der Waals surface area (Å²) in [6, 6.07) is 19.1. The third-order valence-corrected chi connectivity index (χ3v) is 8.13. The van der Waals surface area contributed by atoms with Crippen molar-refractivity contribution in [2.75, 3.05) is 19.2 Å². The summed E-state index contributed by atoms with van der Waals surface area (Å²) in [5, 5.41) is 32.2. The molecular weight excluding hydrogens is 610 g/mol. The van der Waals surface area contributed by atoms with E-state index in [9.17, 15) is 20.2 Å². The number of nitrogens with zero attached hydrogens (tertiary/aromatic N) is 5. The highest BCUT2D eigenvalue weighted by Gasteiger charge is 2.35. The van der Waals surface area contributed by atoms with Crippen molar-refractivity contribution in [1.29, 1.82) is 0 Å². The molecule has 2 aromatic heterocycles. The van der Waals surface area contributed by atoms with E-state index in [4.69, 9.17) is 35.6 Å². The highest BCUT2D eigenvalue weighted by Crippen LogP contribution is 2.43. The molecule has 1 atom stereocenters. The second-order valence-electron chi connectivity index (χ2n) is 9.62. The zero-order valence-electron chi connectivity index (χ0n) is 23.2. The molecular formula is C30H22ClN5O7S. The molecule has 12 nitrogen and oxygen atoms in total. The maximum absolute atomic E-state index is 11.7. The first-order valence-electron chi connectivity index (χ1n) is 13.1. The monoisotopic (exact) mass is 631 g/mol. The van der Waals surface area contributed by atoms with Gasteiger partial charge in [0, 0.05) is 46.1 Å². The molecule has 222 valence electrons. The number of furan rings is 1. The standard InChI is InChI=1S/C30H22ClN5O7S/c1-41-28-10-5-18(13-29(28)42-2)22-15-25(27-12-11-26(43-27)21-9-6-19(31)14-24(21)36(39)40)34(33-22)30-32-23(16-44-30)17-3-7-20(8-4-17)35(37)38/h3-14,16,25H,15H2,1-2H3. The predicted molar refractivity (Wildman–Crippen MR) is 166 cm³/mol. The fraction of sp³-hybridized carbons (Fsp3) is 0.133. The number of hydrogen-bond acceptors (Lipinski definition) is 11. The molecule has 44 heavy (non-hydrogen) atoms. The summed E-state index contributed by atoms with van der Waals surface area (Å²) >= 11 is 7.37. The SMILES string of the molecule is COc1ccc(C2=NN(c3nc(-c4ccc([N+](=O)[O-])cc4)cs3)C(c3ccc(-c4ccc(Cl)cc4[N+](=O)[O-])o3)C2)cc1OC. The van der Waals surface area contributed by atoms with Crippen LogP contribution in [0.15, 0.2) is 87.7 Å². The number of aromatic nitrogens is 1. The molecule has 6 rings (SSSR count). The Balaban J connectivity index is 1.39. The Hall–Kier alpha value is -5.27. The van der Waals surface area contributed by atoms with Crippen LogP contribution in [0.25, 0.3) is 22.6 Å². The minimum atomic E-state index is -0.501. The summed E-state index contributed by atoms with van der Waals surface area (Å²) in [5.41, 5.74) is 3.00. The Bertz CT molecular complexity index is 1920. The van der Waals surface area contributed by atoms with E-state index in [0.717, 1.165) is 11.3 Å². The van der Waals surface area contributed by atoms with Crippen LogP contribution in [-0.4, -0.2) is 34.8 Å². The maximum Gasteiger partial charge on any atom is 0.281 e. The molecule has 0 N–H and O–H groups in total. The van der Waals surface area contributed by atoms with E-state index in [1.807, 2.05) is 17.5 Å². The first kappa shape index (κ1) is 28.8. The predicted octanol–water partition coefficient (Wildman–Crippen LogP) is 7.91. The topological polar surface area (TPSA) is 146 Å². The molecule has 1 aliphatic heterocycles. The molecule has 14 heteroatoms. The number of non-ortho nitro benzene ring substituents is 1. The van der Waals surface area contributed by atoms with Crippen molar-refractivity contribution in [3.8, 4) is 34.1 Å². The van der Waals surface area contributed by atoms with Gasteiger partial charge in [-0.25, -0.2) is 9.99 Å². The van der Waals surface area contributed by atoms with Crippen molar-refractivity contribution in [3.05, 3.63) is 115 Å². The average Bonchev–Trinajstić information content (AvgIpc) is 3.80. The Morgan fingerprint density at radius 2 is 1.68 bits per heavy atom. The van der Waals surface area contributed by atoms with Gasteiger partial charge in [-0.1, -0.05) is 11.6 Å². The lowest BCUT2D eigenvalue weighted by Gasteiger charge is -2.18. The number of anilines is 1. The first-order valence-corrected chi connectivity index (χ1v) is 14.3. The minimum absolute atomic E-state index is 0.0116. The van der Waals surface area contributed by atoms with E-state index in [1.54, 1.807) is 61.7 Å². The molecule has 0 saturated carbocycles. The lowest BCUT2D eigenvalue weighted by atomic mass is 10.0. The molecule has 5 aromatic rings. The van der Waals surface area contributed by atoms with Gasteiger partial charge in [-0.15, -0.1) is 11.3 Å². The van der Waals surface area contributed by atoms with Crippen molar-refractivity contribution in [3.63, 3.8) is 0 Å². The second kappa shape index (κ2) is 11.8. The Labute approximate surface area is 259 Å². The molecule has 0 fully saturated rings. The molecule has 0 amide bonds. The van der Waals surface area contributed by atoms with Gasteiger partial charge in [0.25, 0.3) is 11.4 Å². The number of rotatable bonds is 9. The Morgan fingerprint density at radius 1 is 0.932 bits per heavy atom. The average molecular weight is 632 g/mol. The van der Waals surface area contributed by atoms with Crippen molar-refractivity contribution in [2.24, 2.45) is 5.10 Å². The summed E-state index contributed by atoms with van der Waals surface area (Å²) in [5.74, 6) is 1.97. The van der Waals surface area contributed by atoms with Gasteiger partial charge >= 0.3 is 0 Å². The highest BCUT2D eigenvalue weighted by molar-refractivity contribution is 7.14. The van der Waals surface area contributed by atoms with Crippen LogP contribution >= 0.6 is 22.9 Å². The number of halogens is 1. The lowest BCUT2D eigenvalue weighted by molar-refractivity contribution is -0.384. The molecule has 1 unspecified atom stereocenters. The summed E-state index contributed by atoms with van der Waals surface area (Å²) in [6.45, 7) is 0. The van der Waals surface area contributed by atoms with Gasteiger partial charge in [-0.3, -0.25) is 20.2 Å². The lowest BCUT2D eigenvalue weighted by Crippen LogP contribution is -2.17. The van der Waals surface area contributed by atoms with E-state index in [0.29, 0.717) is 51.4 Å². The summed E-state index contributed by atoms with van der Waals surface area (Å²) < 4.78 is 17.1. The zero-order chi connectivity index (χ0) is 31.0. The van der Waals surface area contributed by atoms with Crippen LogP contribution in [0.3, 0.4) is 0 Å². The van der Waals surface area contributed by atoms with Crippen molar-refractivity contribution in [2.45, 2.75) is 12.5 Å². The summed E-state index contributed by atoms with van der Waals surface area (Å²) in [6.07, 6.45) is 0.428. The first-order chi connectivity index (χ1) is 21.2. The number of nitro benzene ring substituents is 2. The number of methoxy groups -OCH3 is 2. The highest BCUT2D eigenvalue weighted by atomic mass is 35.5. The summed E-state index contributed by atoms with van der Waals surface area (Å²) in [7, 11) is 3.12. The number of hydrogen-bond donors (Lipinski definition) is 0. The number of nitro groups is 2. The van der Waals surface area contributed by atoms with E-state index >= 15 is 0 Å². The molecule has 0 saturated heterocycles. The smallest absolute Gasteiger partial charge is 0.281 e. The Morgan fingerprint density at radius 3 is 2.39 bits per heavy atom. The number of thiazole rings is 1. The zero-order valence-corrected chi connectivity index (χ0v) is 24.7. The second-order valence-corrected chi connectivity index (χ2v) is 10.9. The molecule has 0 aliphatic carbocycles. The van der Waals surface area contributed by atoms with Crippen LogP contribution in [0, 0.1) is 20.2 Å². The van der Waals surface area contributed by atoms with E-state index in [-0.39, 0.29) is 16.4 Å². The van der Waals surface area contributed by atoms with Gasteiger partial charge in [-0.2, -0.15) is 5.10 Å². The fourth-order valence-electron chi connectivity index (χ4n) is 4.90. The quantitative estimate of drug-likeness (QED) is 0.117. The largest absolute Gasteiger partial charge is 0.493 e. The molecule has 1 aliphatic rings. The number of benzene rings is 3. The van der Waals surface area contributed by atoms with Gasteiger partial charge in [-0.05, 0) is 54.6 Å². The third kappa shape index (κ3) is 5.45. The molecule has 0 spiro atoms.